The Bertz CT molecular complexity index is 317. The Morgan fingerprint density at radius 3 is 2.29 bits per heavy atom. The van der Waals surface area contributed by atoms with Crippen LogP contribution in [0.2, 0.25) is 0 Å². The summed E-state index contributed by atoms with van der Waals surface area (Å²) in [6, 6.07) is 10.7. The zero-order chi connectivity index (χ0) is 12.1. The molecule has 1 fully saturated rings. The monoisotopic (exact) mass is 233 g/mol. The van der Waals surface area contributed by atoms with Gasteiger partial charge in [-0.3, -0.25) is 4.90 Å². The predicted octanol–water partition coefficient (Wildman–Crippen LogP) is 1.67. The summed E-state index contributed by atoms with van der Waals surface area (Å²) in [5, 5.41) is 4.77. The number of benzene rings is 1. The quantitative estimate of drug-likeness (QED) is 0.783. The molecule has 0 unspecified atom stereocenters. The first-order chi connectivity index (χ1) is 8.29. The molecule has 1 aliphatic heterocycles. The van der Waals surface area contributed by atoms with E-state index in [-0.39, 0.29) is 0 Å². The van der Waals surface area contributed by atoms with Crippen LogP contribution in [0.1, 0.15) is 12.5 Å². The van der Waals surface area contributed by atoms with E-state index < -0.39 is 0 Å². The highest BCUT2D eigenvalue weighted by Crippen LogP contribution is 2.09. The zero-order valence-electron chi connectivity index (χ0n) is 11.0. The molecular weight excluding hydrogens is 210 g/mol. The molecule has 0 N–H and O–H groups in total. The van der Waals surface area contributed by atoms with Crippen LogP contribution in [-0.4, -0.2) is 54.7 Å². The van der Waals surface area contributed by atoms with Gasteiger partial charge in [0.2, 0.25) is 0 Å². The highest BCUT2D eigenvalue weighted by Gasteiger charge is 2.18. The van der Waals surface area contributed by atoms with Crippen LogP contribution < -0.4 is 0 Å². The van der Waals surface area contributed by atoms with Crippen LogP contribution in [0.5, 0.6) is 0 Å². The smallest absolute Gasteiger partial charge is 0.0261 e. The average molecular weight is 233 g/mol. The van der Waals surface area contributed by atoms with Crippen LogP contribution in [0.4, 0.5) is 0 Å². The molecule has 2 rings (SSSR count). The largest absolute Gasteiger partial charge is 0.296 e. The van der Waals surface area contributed by atoms with E-state index >= 15 is 0 Å². The number of rotatable bonds is 4. The van der Waals surface area contributed by atoms with Gasteiger partial charge >= 0.3 is 0 Å². The highest BCUT2D eigenvalue weighted by molar-refractivity contribution is 5.14. The summed E-state index contributed by atoms with van der Waals surface area (Å²) < 4.78 is 0. The SMILES string of the molecule is CCN(C)N1CCN(Cc2ccccc2)CC1. The lowest BCUT2D eigenvalue weighted by Gasteiger charge is -2.39. The summed E-state index contributed by atoms with van der Waals surface area (Å²) in [4.78, 5) is 2.54. The van der Waals surface area contributed by atoms with Gasteiger partial charge in [0.15, 0.2) is 0 Å². The van der Waals surface area contributed by atoms with Gasteiger partial charge in [-0.2, -0.15) is 0 Å². The second-order valence-electron chi connectivity index (χ2n) is 4.69. The zero-order valence-corrected chi connectivity index (χ0v) is 11.0. The minimum atomic E-state index is 1.09. The second kappa shape index (κ2) is 6.15. The van der Waals surface area contributed by atoms with Gasteiger partial charge in [0.05, 0.1) is 0 Å². The van der Waals surface area contributed by atoms with Gasteiger partial charge in [0, 0.05) is 46.3 Å². The summed E-state index contributed by atoms with van der Waals surface area (Å²) >= 11 is 0. The Labute approximate surface area is 105 Å². The molecule has 3 nitrogen and oxygen atoms in total. The van der Waals surface area contributed by atoms with Gasteiger partial charge in [-0.1, -0.05) is 37.3 Å². The first-order valence-corrected chi connectivity index (χ1v) is 6.52. The van der Waals surface area contributed by atoms with Gasteiger partial charge in [-0.15, -0.1) is 0 Å². The Kier molecular flexibility index (Phi) is 4.54. The third-order valence-corrected chi connectivity index (χ3v) is 3.54. The predicted molar refractivity (Wildman–Crippen MR) is 71.6 cm³/mol. The first kappa shape index (κ1) is 12.6. The van der Waals surface area contributed by atoms with E-state index in [0.29, 0.717) is 0 Å². The maximum absolute atomic E-state index is 2.54. The topological polar surface area (TPSA) is 9.72 Å². The van der Waals surface area contributed by atoms with Gasteiger partial charge in [-0.25, -0.2) is 10.0 Å². The molecule has 0 spiro atoms. The molecule has 0 radical (unpaired) electrons. The average Bonchev–Trinajstić information content (AvgIpc) is 2.40. The molecule has 0 atom stereocenters. The maximum atomic E-state index is 2.54. The van der Waals surface area contributed by atoms with Crippen molar-refractivity contribution in [1.29, 1.82) is 0 Å². The van der Waals surface area contributed by atoms with Crippen molar-refractivity contribution in [3.05, 3.63) is 35.9 Å². The van der Waals surface area contributed by atoms with Gasteiger partial charge in [0.1, 0.15) is 0 Å². The summed E-state index contributed by atoms with van der Waals surface area (Å²) in [7, 11) is 2.17. The number of hydrazine groups is 1. The van der Waals surface area contributed by atoms with Gasteiger partial charge < -0.3 is 0 Å². The van der Waals surface area contributed by atoms with E-state index in [2.05, 4.69) is 59.2 Å². The molecular formula is C14H23N3. The molecule has 0 aliphatic carbocycles. The molecule has 1 aromatic carbocycles. The fourth-order valence-electron chi connectivity index (χ4n) is 2.28. The molecule has 0 amide bonds. The minimum absolute atomic E-state index is 1.09. The second-order valence-corrected chi connectivity index (χ2v) is 4.69. The number of nitrogens with zero attached hydrogens (tertiary/aromatic N) is 3. The number of piperazine rings is 1. The highest BCUT2D eigenvalue weighted by atomic mass is 15.6. The van der Waals surface area contributed by atoms with E-state index in [9.17, 15) is 0 Å². The molecule has 1 aliphatic rings. The minimum Gasteiger partial charge on any atom is -0.296 e. The van der Waals surface area contributed by atoms with Crippen molar-refractivity contribution in [2.24, 2.45) is 0 Å². The maximum Gasteiger partial charge on any atom is 0.0261 e. The first-order valence-electron chi connectivity index (χ1n) is 6.52. The van der Waals surface area contributed by atoms with Crippen LogP contribution in [0.3, 0.4) is 0 Å². The van der Waals surface area contributed by atoms with Crippen molar-refractivity contribution in [2.75, 3.05) is 39.8 Å². The third kappa shape index (κ3) is 3.53. The molecule has 3 heteroatoms. The van der Waals surface area contributed by atoms with E-state index in [4.69, 9.17) is 0 Å². The van der Waals surface area contributed by atoms with Crippen LogP contribution in [0.25, 0.3) is 0 Å². The standard InChI is InChI=1S/C14H23N3/c1-3-15(2)17-11-9-16(10-12-17)13-14-7-5-4-6-8-14/h4-8H,3,9-13H2,1-2H3. The van der Waals surface area contributed by atoms with E-state index in [1.54, 1.807) is 0 Å². The van der Waals surface area contributed by atoms with E-state index in [1.807, 2.05) is 0 Å². The molecule has 0 aromatic heterocycles. The van der Waals surface area contributed by atoms with Crippen LogP contribution in [0, 0.1) is 0 Å². The van der Waals surface area contributed by atoms with Crippen LogP contribution in [0.15, 0.2) is 30.3 Å². The fraction of sp³-hybridized carbons (Fsp3) is 0.571. The summed E-state index contributed by atoms with van der Waals surface area (Å²) in [6.07, 6.45) is 0. The van der Waals surface area contributed by atoms with Crippen molar-refractivity contribution in [2.45, 2.75) is 13.5 Å². The third-order valence-electron chi connectivity index (χ3n) is 3.54. The van der Waals surface area contributed by atoms with Crippen LogP contribution >= 0.6 is 0 Å². The lowest BCUT2D eigenvalue weighted by molar-refractivity contribution is -0.0359. The van der Waals surface area contributed by atoms with Crippen molar-refractivity contribution >= 4 is 0 Å². The van der Waals surface area contributed by atoms with Crippen molar-refractivity contribution < 1.29 is 0 Å². The fourth-order valence-corrected chi connectivity index (χ4v) is 2.28. The van der Waals surface area contributed by atoms with Gasteiger partial charge in [0.25, 0.3) is 0 Å². The lowest BCUT2D eigenvalue weighted by atomic mass is 10.2. The van der Waals surface area contributed by atoms with Crippen molar-refractivity contribution in [3.63, 3.8) is 0 Å². The normalized spacial score (nSPS) is 18.8. The summed E-state index contributed by atoms with van der Waals surface area (Å²) in [5.74, 6) is 0. The van der Waals surface area contributed by atoms with Gasteiger partial charge in [-0.05, 0) is 5.56 Å². The van der Waals surface area contributed by atoms with E-state index in [1.165, 1.54) is 18.7 Å². The summed E-state index contributed by atoms with van der Waals surface area (Å²) in [5.41, 5.74) is 1.42. The lowest BCUT2D eigenvalue weighted by Crippen LogP contribution is -2.52. The number of hydrogen-bond donors (Lipinski definition) is 0. The van der Waals surface area contributed by atoms with E-state index in [0.717, 1.165) is 26.2 Å². The molecule has 94 valence electrons. The Balaban J connectivity index is 1.80. The summed E-state index contributed by atoms with van der Waals surface area (Å²) in [6.45, 7) is 9.02. The Hall–Kier alpha value is -0.900. The van der Waals surface area contributed by atoms with Crippen molar-refractivity contribution in [3.8, 4) is 0 Å². The Morgan fingerprint density at radius 2 is 1.71 bits per heavy atom. The molecule has 1 aromatic rings. The molecule has 1 saturated heterocycles. The van der Waals surface area contributed by atoms with Crippen LogP contribution in [-0.2, 0) is 6.54 Å². The molecule has 0 saturated carbocycles. The Morgan fingerprint density at radius 1 is 1.06 bits per heavy atom. The molecule has 17 heavy (non-hydrogen) atoms. The number of hydrogen-bond acceptors (Lipinski definition) is 3. The molecule has 1 heterocycles. The van der Waals surface area contributed by atoms with Crippen molar-refractivity contribution in [1.82, 2.24) is 14.9 Å². The molecule has 0 bridgehead atoms.